The van der Waals surface area contributed by atoms with E-state index in [0.717, 1.165) is 51.1 Å². The Morgan fingerprint density at radius 1 is 1.08 bits per heavy atom. The van der Waals surface area contributed by atoms with Crippen molar-refractivity contribution in [1.82, 2.24) is 29.3 Å². The van der Waals surface area contributed by atoms with Gasteiger partial charge >= 0.3 is 6.18 Å². The van der Waals surface area contributed by atoms with Gasteiger partial charge in [-0.05, 0) is 51.4 Å². The number of anilines is 2. The van der Waals surface area contributed by atoms with Crippen LogP contribution in [-0.2, 0) is 17.5 Å². The average Bonchev–Trinajstić information content (AvgIpc) is 3.42. The number of ether oxygens (including phenoxy) is 1. The summed E-state index contributed by atoms with van der Waals surface area (Å²) in [5.41, 5.74) is -0.530. The van der Waals surface area contributed by atoms with Gasteiger partial charge in [0.05, 0.1) is 6.20 Å². The standard InChI is InChI=1S/C26H31F3N8O2/c1-16-31-19(26(27,28)29)10-20(32-16)35-14-25(15-35)7-8-34(13-25)24-33-22-18(23(38)36(24)12-17-5-6-17)11-30-37(22)21-4-2-3-9-39-21/h10-11,17,21H,2-9,12-15H2,1H3. The van der Waals surface area contributed by atoms with Gasteiger partial charge in [-0.15, -0.1) is 0 Å². The van der Waals surface area contributed by atoms with Crippen LogP contribution in [0.15, 0.2) is 17.1 Å². The summed E-state index contributed by atoms with van der Waals surface area (Å²) in [7, 11) is 0. The van der Waals surface area contributed by atoms with E-state index in [9.17, 15) is 18.0 Å². The average molecular weight is 545 g/mol. The molecule has 0 amide bonds. The minimum atomic E-state index is -4.51. The number of aromatic nitrogens is 6. The number of nitrogens with zero attached hydrogens (tertiary/aromatic N) is 8. The van der Waals surface area contributed by atoms with Gasteiger partial charge in [0.15, 0.2) is 11.9 Å². The molecule has 3 aliphatic heterocycles. The van der Waals surface area contributed by atoms with Crippen LogP contribution in [-0.4, -0.2) is 62.1 Å². The van der Waals surface area contributed by atoms with E-state index in [2.05, 4.69) is 20.0 Å². The molecule has 1 aliphatic carbocycles. The van der Waals surface area contributed by atoms with Crippen LogP contribution in [0.1, 0.15) is 56.3 Å². The van der Waals surface area contributed by atoms with Gasteiger partial charge in [-0.25, -0.2) is 14.6 Å². The second kappa shape index (κ2) is 8.90. The van der Waals surface area contributed by atoms with Crippen molar-refractivity contribution in [1.29, 1.82) is 0 Å². The van der Waals surface area contributed by atoms with Gasteiger partial charge in [0.25, 0.3) is 5.56 Å². The Morgan fingerprint density at radius 3 is 2.59 bits per heavy atom. The highest BCUT2D eigenvalue weighted by Gasteiger charge is 2.49. The van der Waals surface area contributed by atoms with Crippen LogP contribution in [0.2, 0.25) is 0 Å². The van der Waals surface area contributed by atoms with E-state index >= 15 is 0 Å². The Labute approximate surface area is 222 Å². The highest BCUT2D eigenvalue weighted by molar-refractivity contribution is 5.75. The van der Waals surface area contributed by atoms with Crippen molar-refractivity contribution in [3.63, 3.8) is 0 Å². The molecule has 3 aromatic heterocycles. The molecule has 4 fully saturated rings. The van der Waals surface area contributed by atoms with E-state index in [4.69, 9.17) is 9.72 Å². The van der Waals surface area contributed by atoms with Crippen LogP contribution in [0.25, 0.3) is 11.0 Å². The number of hydrogen-bond acceptors (Lipinski definition) is 8. The zero-order valence-electron chi connectivity index (χ0n) is 21.8. The van der Waals surface area contributed by atoms with Crippen LogP contribution in [0.3, 0.4) is 0 Å². The van der Waals surface area contributed by atoms with E-state index in [1.54, 1.807) is 10.9 Å². The van der Waals surface area contributed by atoms with Gasteiger partial charge in [-0.1, -0.05) is 0 Å². The molecule has 0 N–H and O–H groups in total. The third kappa shape index (κ3) is 4.44. The maximum atomic E-state index is 13.7. The summed E-state index contributed by atoms with van der Waals surface area (Å²) in [5, 5.41) is 5.02. The molecule has 0 radical (unpaired) electrons. The molecule has 7 rings (SSSR count). The summed E-state index contributed by atoms with van der Waals surface area (Å²) in [6.07, 6.45) is 2.84. The number of rotatable bonds is 5. The first-order valence-corrected chi connectivity index (χ1v) is 13.7. The predicted molar refractivity (Wildman–Crippen MR) is 137 cm³/mol. The molecule has 0 bridgehead atoms. The molecular weight excluding hydrogens is 513 g/mol. The minimum Gasteiger partial charge on any atom is -0.356 e. The summed E-state index contributed by atoms with van der Waals surface area (Å²) < 4.78 is 49.4. The molecule has 13 heteroatoms. The fourth-order valence-electron chi connectivity index (χ4n) is 6.25. The third-order valence-electron chi connectivity index (χ3n) is 8.47. The molecule has 6 heterocycles. The quantitative estimate of drug-likeness (QED) is 0.482. The Hall–Kier alpha value is -3.22. The minimum absolute atomic E-state index is 0.0729. The summed E-state index contributed by atoms with van der Waals surface area (Å²) in [6.45, 7) is 5.38. The zero-order valence-corrected chi connectivity index (χ0v) is 21.8. The van der Waals surface area contributed by atoms with Crippen LogP contribution in [0.5, 0.6) is 0 Å². The van der Waals surface area contributed by atoms with E-state index in [-0.39, 0.29) is 23.0 Å². The van der Waals surface area contributed by atoms with Crippen molar-refractivity contribution in [2.75, 3.05) is 42.6 Å². The lowest BCUT2D eigenvalue weighted by Gasteiger charge is -2.48. The van der Waals surface area contributed by atoms with Crippen molar-refractivity contribution in [2.45, 2.75) is 64.4 Å². The molecule has 1 spiro atoms. The van der Waals surface area contributed by atoms with Gasteiger partial charge in [-0.3, -0.25) is 9.36 Å². The number of aryl methyl sites for hydroxylation is 1. The molecule has 10 nitrogen and oxygen atoms in total. The first-order valence-electron chi connectivity index (χ1n) is 13.7. The van der Waals surface area contributed by atoms with E-state index in [0.29, 0.717) is 61.5 Å². The van der Waals surface area contributed by atoms with E-state index in [1.807, 2.05) is 9.47 Å². The van der Waals surface area contributed by atoms with Crippen LogP contribution in [0, 0.1) is 18.3 Å². The maximum absolute atomic E-state index is 13.7. The molecule has 1 atom stereocenters. The number of halogens is 3. The molecule has 39 heavy (non-hydrogen) atoms. The molecule has 3 saturated heterocycles. The van der Waals surface area contributed by atoms with Crippen LogP contribution >= 0.6 is 0 Å². The Kier molecular flexibility index (Phi) is 5.66. The fraction of sp³-hybridized carbons (Fsp3) is 0.654. The van der Waals surface area contributed by atoms with Crippen LogP contribution in [0.4, 0.5) is 24.9 Å². The van der Waals surface area contributed by atoms with Crippen molar-refractivity contribution >= 4 is 22.8 Å². The number of hydrogen-bond donors (Lipinski definition) is 0. The summed E-state index contributed by atoms with van der Waals surface area (Å²) in [6, 6.07) is 1.03. The molecule has 3 aromatic rings. The molecular formula is C26H31F3N8O2. The molecule has 1 unspecified atom stereocenters. The normalized spacial score (nSPS) is 23.1. The van der Waals surface area contributed by atoms with Gasteiger partial charge in [0.2, 0.25) is 5.95 Å². The molecule has 0 aromatic carbocycles. The van der Waals surface area contributed by atoms with Crippen LogP contribution < -0.4 is 15.4 Å². The monoisotopic (exact) mass is 544 g/mol. The van der Waals surface area contributed by atoms with Crippen molar-refractivity contribution in [3.05, 3.63) is 34.1 Å². The highest BCUT2D eigenvalue weighted by atomic mass is 19.4. The lowest BCUT2D eigenvalue weighted by molar-refractivity contribution is -0.141. The van der Waals surface area contributed by atoms with E-state index in [1.165, 1.54) is 6.92 Å². The smallest absolute Gasteiger partial charge is 0.356 e. The topological polar surface area (TPSA) is 94.2 Å². The second-order valence-electron chi connectivity index (χ2n) is 11.6. The van der Waals surface area contributed by atoms with E-state index < -0.39 is 11.9 Å². The Morgan fingerprint density at radius 2 is 1.87 bits per heavy atom. The Balaban J connectivity index is 1.17. The van der Waals surface area contributed by atoms with Gasteiger partial charge in [0, 0.05) is 50.8 Å². The first kappa shape index (κ1) is 24.8. The largest absolute Gasteiger partial charge is 0.433 e. The molecule has 4 aliphatic rings. The van der Waals surface area contributed by atoms with Crippen molar-refractivity contribution < 1.29 is 17.9 Å². The lowest BCUT2D eigenvalue weighted by Crippen LogP contribution is -2.58. The van der Waals surface area contributed by atoms with Gasteiger partial charge < -0.3 is 14.5 Å². The number of fused-ring (bicyclic) bond motifs is 1. The second-order valence-corrected chi connectivity index (χ2v) is 11.6. The number of alkyl halides is 3. The lowest BCUT2D eigenvalue weighted by atomic mass is 9.79. The van der Waals surface area contributed by atoms with Crippen molar-refractivity contribution in [2.24, 2.45) is 11.3 Å². The molecule has 1 saturated carbocycles. The maximum Gasteiger partial charge on any atom is 0.433 e. The zero-order chi connectivity index (χ0) is 26.9. The van der Waals surface area contributed by atoms with Gasteiger partial charge in [-0.2, -0.15) is 23.3 Å². The fourth-order valence-corrected chi connectivity index (χ4v) is 6.25. The third-order valence-corrected chi connectivity index (χ3v) is 8.47. The summed E-state index contributed by atoms with van der Waals surface area (Å²) in [5.74, 6) is 1.55. The highest BCUT2D eigenvalue weighted by Crippen LogP contribution is 2.43. The molecule has 208 valence electrons. The SMILES string of the molecule is Cc1nc(N2CC3(CCN(c4nc5c(cnn5C5CCCCO5)c(=O)n4CC4CC4)C3)C2)cc(C(F)(F)F)n1. The van der Waals surface area contributed by atoms with Crippen molar-refractivity contribution in [3.8, 4) is 0 Å². The van der Waals surface area contributed by atoms with Gasteiger partial charge in [0.1, 0.15) is 22.7 Å². The summed E-state index contributed by atoms with van der Waals surface area (Å²) >= 11 is 0. The first-order chi connectivity index (χ1) is 18.7. The Bertz CT molecular complexity index is 1470. The predicted octanol–water partition coefficient (Wildman–Crippen LogP) is 3.54. The summed E-state index contributed by atoms with van der Waals surface area (Å²) in [4.78, 5) is 30.6.